The van der Waals surface area contributed by atoms with E-state index in [1.54, 1.807) is 16.7 Å². The van der Waals surface area contributed by atoms with Gasteiger partial charge in [0.2, 0.25) is 0 Å². The number of aromatic nitrogens is 5. The Morgan fingerprint density at radius 3 is 2.65 bits per heavy atom. The molecule has 0 unspecified atom stereocenters. The van der Waals surface area contributed by atoms with Gasteiger partial charge in [0.25, 0.3) is 5.56 Å². The molecule has 0 aliphatic carbocycles. The van der Waals surface area contributed by atoms with Gasteiger partial charge in [0.15, 0.2) is 10.1 Å². The van der Waals surface area contributed by atoms with Gasteiger partial charge in [0.1, 0.15) is 5.82 Å². The molecular weight excluding hydrogens is 450 g/mol. The minimum absolute atomic E-state index is 0.0780. The lowest BCUT2D eigenvalue weighted by molar-refractivity contribution is 0.847. The van der Waals surface area contributed by atoms with E-state index in [-0.39, 0.29) is 5.56 Å². The number of thioether (sulfide) groups is 1. The fraction of sp³-hybridized carbons (Fsp3) is 0.0909. The van der Waals surface area contributed by atoms with E-state index in [1.165, 1.54) is 23.1 Å². The summed E-state index contributed by atoms with van der Waals surface area (Å²) in [5.74, 6) is 1.35. The zero-order valence-corrected chi connectivity index (χ0v) is 18.6. The van der Waals surface area contributed by atoms with Gasteiger partial charge in [-0.1, -0.05) is 53.7 Å². The van der Waals surface area contributed by atoms with Crippen molar-refractivity contribution in [3.63, 3.8) is 0 Å². The van der Waals surface area contributed by atoms with Crippen LogP contribution in [0.1, 0.15) is 17.1 Å². The van der Waals surface area contributed by atoms with Crippen LogP contribution in [0.4, 0.5) is 0 Å². The van der Waals surface area contributed by atoms with Crippen LogP contribution in [0.3, 0.4) is 0 Å². The Hall–Kier alpha value is -2.94. The molecule has 9 heteroatoms. The van der Waals surface area contributed by atoms with Crippen molar-refractivity contribution < 1.29 is 0 Å². The zero-order chi connectivity index (χ0) is 21.2. The Balaban J connectivity index is 1.48. The average molecular weight is 466 g/mol. The molecule has 3 heterocycles. The maximum absolute atomic E-state index is 12.3. The van der Waals surface area contributed by atoms with Crippen molar-refractivity contribution in [1.82, 2.24) is 24.1 Å². The lowest BCUT2D eigenvalue weighted by Crippen LogP contribution is -2.12. The molecule has 3 aromatic heterocycles. The monoisotopic (exact) mass is 465 g/mol. The third-order valence-electron chi connectivity index (χ3n) is 4.70. The van der Waals surface area contributed by atoms with E-state index in [0.717, 1.165) is 22.2 Å². The quantitative estimate of drug-likeness (QED) is 0.334. The first-order valence-corrected chi connectivity index (χ1v) is 11.7. The van der Waals surface area contributed by atoms with E-state index < -0.39 is 0 Å². The van der Waals surface area contributed by atoms with Crippen molar-refractivity contribution in [3.05, 3.63) is 105 Å². The number of hydrogen-bond acceptors (Lipinski definition) is 6. The van der Waals surface area contributed by atoms with Crippen molar-refractivity contribution in [1.29, 1.82) is 0 Å². The molecule has 0 amide bonds. The second-order valence-corrected chi connectivity index (χ2v) is 9.05. The summed E-state index contributed by atoms with van der Waals surface area (Å²) in [5.41, 5.74) is 2.72. The first-order valence-electron chi connectivity index (χ1n) is 9.50. The van der Waals surface area contributed by atoms with Crippen LogP contribution in [0.2, 0.25) is 5.02 Å². The highest BCUT2D eigenvalue weighted by Gasteiger charge is 2.16. The van der Waals surface area contributed by atoms with Crippen molar-refractivity contribution in [2.45, 2.75) is 17.3 Å². The molecule has 5 aromatic rings. The van der Waals surface area contributed by atoms with Gasteiger partial charge in [-0.3, -0.25) is 13.8 Å². The van der Waals surface area contributed by atoms with Crippen LogP contribution >= 0.6 is 34.7 Å². The molecule has 0 fully saturated rings. The molecule has 0 spiro atoms. The Morgan fingerprint density at radius 1 is 1.03 bits per heavy atom. The van der Waals surface area contributed by atoms with Gasteiger partial charge >= 0.3 is 0 Å². The summed E-state index contributed by atoms with van der Waals surface area (Å²) in [4.78, 5) is 17.5. The SMILES string of the molecule is O=c1cc(CSc2nnc(Cc3ccccc3)n2-c2ccc(Cl)cc2)nc2sccn12. The highest BCUT2D eigenvalue weighted by Crippen LogP contribution is 2.26. The lowest BCUT2D eigenvalue weighted by Gasteiger charge is -2.10. The number of hydrogen-bond donors (Lipinski definition) is 0. The molecule has 0 aliphatic rings. The molecule has 5 rings (SSSR count). The molecule has 0 saturated carbocycles. The first kappa shape index (κ1) is 20.0. The van der Waals surface area contributed by atoms with Gasteiger partial charge < -0.3 is 0 Å². The number of benzene rings is 2. The standard InChI is InChI=1S/C22H16ClN5OS2/c23-16-6-8-18(9-7-16)28-19(12-15-4-2-1-3-5-15)25-26-22(28)31-14-17-13-20(29)27-10-11-30-21(27)24-17/h1-11,13H,12,14H2. The number of fused-ring (bicyclic) bond motifs is 1. The number of halogens is 1. The minimum atomic E-state index is -0.0780. The molecule has 154 valence electrons. The number of nitrogens with zero attached hydrogens (tertiary/aromatic N) is 5. The van der Waals surface area contributed by atoms with Gasteiger partial charge in [-0.05, 0) is 29.8 Å². The smallest absolute Gasteiger partial charge is 0.258 e. The van der Waals surface area contributed by atoms with Crippen LogP contribution in [0, 0.1) is 0 Å². The lowest BCUT2D eigenvalue weighted by atomic mass is 10.1. The number of thiazole rings is 1. The van der Waals surface area contributed by atoms with E-state index >= 15 is 0 Å². The van der Waals surface area contributed by atoms with E-state index in [9.17, 15) is 4.79 Å². The van der Waals surface area contributed by atoms with E-state index in [0.29, 0.717) is 27.9 Å². The molecule has 0 bridgehead atoms. The van der Waals surface area contributed by atoms with Crippen molar-refractivity contribution >= 4 is 39.7 Å². The first-order chi connectivity index (χ1) is 15.2. The minimum Gasteiger partial charge on any atom is -0.274 e. The van der Waals surface area contributed by atoms with Crippen LogP contribution in [-0.2, 0) is 12.2 Å². The summed E-state index contributed by atoms with van der Waals surface area (Å²) in [6.07, 6.45) is 2.39. The summed E-state index contributed by atoms with van der Waals surface area (Å²) < 4.78 is 3.58. The predicted octanol–water partition coefficient (Wildman–Crippen LogP) is 4.87. The summed E-state index contributed by atoms with van der Waals surface area (Å²) in [6.45, 7) is 0. The van der Waals surface area contributed by atoms with Crippen molar-refractivity contribution in [3.8, 4) is 5.69 Å². The molecular formula is C22H16ClN5OS2. The Morgan fingerprint density at radius 2 is 1.84 bits per heavy atom. The Labute approximate surface area is 191 Å². The van der Waals surface area contributed by atoms with Crippen molar-refractivity contribution in [2.75, 3.05) is 0 Å². The fourth-order valence-corrected chi connectivity index (χ4v) is 4.96. The summed E-state index contributed by atoms with van der Waals surface area (Å²) in [7, 11) is 0. The van der Waals surface area contributed by atoms with Crippen LogP contribution in [0.5, 0.6) is 0 Å². The van der Waals surface area contributed by atoms with Gasteiger partial charge in [0.05, 0.1) is 5.69 Å². The van der Waals surface area contributed by atoms with Crippen LogP contribution in [0.15, 0.2) is 82.2 Å². The normalized spacial score (nSPS) is 11.3. The molecule has 2 aromatic carbocycles. The van der Waals surface area contributed by atoms with Gasteiger partial charge in [0, 0.05) is 40.5 Å². The van der Waals surface area contributed by atoms with Gasteiger partial charge in [-0.2, -0.15) is 0 Å². The molecule has 0 N–H and O–H groups in total. The maximum atomic E-state index is 12.3. The van der Waals surface area contributed by atoms with Crippen LogP contribution in [-0.4, -0.2) is 24.1 Å². The second kappa shape index (κ2) is 8.66. The largest absolute Gasteiger partial charge is 0.274 e. The molecule has 0 aliphatic heterocycles. The molecule has 0 atom stereocenters. The zero-order valence-electron chi connectivity index (χ0n) is 16.2. The highest BCUT2D eigenvalue weighted by atomic mass is 35.5. The molecule has 0 radical (unpaired) electrons. The Bertz CT molecular complexity index is 1390. The topological polar surface area (TPSA) is 65.1 Å². The average Bonchev–Trinajstić information content (AvgIpc) is 3.41. The van der Waals surface area contributed by atoms with Gasteiger partial charge in [-0.25, -0.2) is 4.98 Å². The fourth-order valence-electron chi connectivity index (χ4n) is 3.24. The highest BCUT2D eigenvalue weighted by molar-refractivity contribution is 7.98. The third-order valence-corrected chi connectivity index (χ3v) is 6.67. The van der Waals surface area contributed by atoms with Gasteiger partial charge in [-0.15, -0.1) is 21.5 Å². The second-order valence-electron chi connectivity index (χ2n) is 6.80. The van der Waals surface area contributed by atoms with Crippen LogP contribution in [0.25, 0.3) is 10.6 Å². The summed E-state index contributed by atoms with van der Waals surface area (Å²) in [5, 5.41) is 12.2. The predicted molar refractivity (Wildman–Crippen MR) is 125 cm³/mol. The molecule has 31 heavy (non-hydrogen) atoms. The number of rotatable bonds is 6. The van der Waals surface area contributed by atoms with E-state index in [1.807, 2.05) is 52.4 Å². The Kier molecular flexibility index (Phi) is 5.59. The third kappa shape index (κ3) is 4.27. The van der Waals surface area contributed by atoms with Crippen LogP contribution < -0.4 is 5.56 Å². The summed E-state index contributed by atoms with van der Waals surface area (Å²) >= 11 is 9.03. The summed E-state index contributed by atoms with van der Waals surface area (Å²) in [6, 6.07) is 19.3. The molecule has 6 nitrogen and oxygen atoms in total. The van der Waals surface area contributed by atoms with E-state index in [4.69, 9.17) is 11.6 Å². The van der Waals surface area contributed by atoms with E-state index in [2.05, 4.69) is 27.3 Å². The maximum Gasteiger partial charge on any atom is 0.258 e. The molecule has 0 saturated heterocycles. The van der Waals surface area contributed by atoms with Crippen molar-refractivity contribution in [2.24, 2.45) is 0 Å².